The van der Waals surface area contributed by atoms with Crippen LogP contribution in [-0.2, 0) is 11.4 Å². The van der Waals surface area contributed by atoms with E-state index in [9.17, 15) is 10.1 Å². The molecule has 0 bridgehead atoms. The van der Waals surface area contributed by atoms with Crippen molar-refractivity contribution >= 4 is 34.0 Å². The number of nitrogens with zero attached hydrogens (tertiary/aromatic N) is 4. The van der Waals surface area contributed by atoms with Crippen molar-refractivity contribution in [2.45, 2.75) is 43.6 Å². The van der Waals surface area contributed by atoms with Gasteiger partial charge in [0.15, 0.2) is 10.1 Å². The Kier molecular flexibility index (Phi) is 6.80. The molecule has 2 aromatic carbocycles. The Morgan fingerprint density at radius 3 is 2.54 bits per heavy atom. The van der Waals surface area contributed by atoms with Gasteiger partial charge in [-0.2, -0.15) is 5.26 Å². The molecule has 2 heterocycles. The highest BCUT2D eigenvalue weighted by Gasteiger charge is 2.45. The van der Waals surface area contributed by atoms with Crippen LogP contribution in [0, 0.1) is 16.7 Å². The van der Waals surface area contributed by atoms with Crippen LogP contribution in [0.3, 0.4) is 0 Å². The summed E-state index contributed by atoms with van der Waals surface area (Å²) in [7, 11) is 0. The predicted octanol–water partition coefficient (Wildman–Crippen LogP) is 5.78. The maximum absolute atomic E-state index is 13.6. The topological polar surface area (TPSA) is 105 Å². The summed E-state index contributed by atoms with van der Waals surface area (Å²) in [5.41, 5.74) is 10.1. The fourth-order valence-corrected chi connectivity index (χ4v) is 6.23. The van der Waals surface area contributed by atoms with E-state index in [1.54, 1.807) is 4.90 Å². The lowest BCUT2D eigenvalue weighted by molar-refractivity contribution is -0.118. The zero-order chi connectivity index (χ0) is 26.2. The molecule has 2 aliphatic rings. The molecule has 7 nitrogen and oxygen atoms in total. The number of carbonyl (C=O) groups is 1. The van der Waals surface area contributed by atoms with Gasteiger partial charge >= 0.3 is 0 Å². The number of benzene rings is 2. The van der Waals surface area contributed by atoms with Gasteiger partial charge in [-0.25, -0.2) is 0 Å². The second-order valence-corrected chi connectivity index (χ2v) is 11.9. The maximum Gasteiger partial charge on any atom is 0.219 e. The molecule has 9 heteroatoms. The Hall–Kier alpha value is -3.61. The minimum absolute atomic E-state index is 0.0282. The monoisotopic (exact) mass is 529 g/mol. The van der Waals surface area contributed by atoms with Crippen molar-refractivity contribution in [1.82, 2.24) is 10.2 Å². The van der Waals surface area contributed by atoms with Crippen molar-refractivity contribution in [2.75, 3.05) is 11.2 Å². The van der Waals surface area contributed by atoms with Gasteiger partial charge < -0.3 is 10.5 Å². The molecule has 37 heavy (non-hydrogen) atoms. The molecule has 1 unspecified atom stereocenters. The quantitative estimate of drug-likeness (QED) is 0.401. The average molecular weight is 530 g/mol. The Bertz CT molecular complexity index is 1440. The minimum atomic E-state index is -0.545. The number of rotatable bonds is 6. The molecule has 1 aromatic heterocycles. The van der Waals surface area contributed by atoms with Gasteiger partial charge in [0.1, 0.15) is 18.2 Å². The number of thioether (sulfide) groups is 1. The summed E-state index contributed by atoms with van der Waals surface area (Å²) in [6.07, 6.45) is 2.97. The highest BCUT2D eigenvalue weighted by Crippen LogP contribution is 2.50. The first-order chi connectivity index (χ1) is 17.8. The number of nitriles is 1. The summed E-state index contributed by atoms with van der Waals surface area (Å²) < 4.78 is 6.74. The Morgan fingerprint density at radius 2 is 1.89 bits per heavy atom. The van der Waals surface area contributed by atoms with Crippen LogP contribution in [0.5, 0.6) is 5.75 Å². The number of hydrogen-bond donors (Lipinski definition) is 1. The third-order valence-electron chi connectivity index (χ3n) is 6.60. The van der Waals surface area contributed by atoms with Crippen molar-refractivity contribution in [1.29, 1.82) is 5.26 Å². The van der Waals surface area contributed by atoms with Gasteiger partial charge in [-0.05, 0) is 41.4 Å². The number of carbonyl (C=O) groups excluding carboxylic acids is 1. The molecule has 0 fully saturated rings. The first-order valence-electron chi connectivity index (χ1n) is 11.9. The van der Waals surface area contributed by atoms with Gasteiger partial charge in [0, 0.05) is 17.7 Å². The average Bonchev–Trinajstić information content (AvgIpc) is 3.36. The normalized spacial score (nSPS) is 19.0. The predicted molar refractivity (Wildman–Crippen MR) is 146 cm³/mol. The van der Waals surface area contributed by atoms with Crippen LogP contribution < -0.4 is 15.4 Å². The van der Waals surface area contributed by atoms with Crippen molar-refractivity contribution < 1.29 is 9.53 Å². The lowest BCUT2D eigenvalue weighted by Gasteiger charge is -2.42. The van der Waals surface area contributed by atoms with E-state index in [0.717, 1.165) is 21.2 Å². The van der Waals surface area contributed by atoms with Gasteiger partial charge in [-0.1, -0.05) is 79.4 Å². The van der Waals surface area contributed by atoms with E-state index < -0.39 is 5.92 Å². The van der Waals surface area contributed by atoms with Gasteiger partial charge in [-0.3, -0.25) is 9.69 Å². The minimum Gasteiger partial charge on any atom is -0.489 e. The molecule has 0 spiro atoms. The molecular formula is C28H27N5O2S2. The second-order valence-electron chi connectivity index (χ2n) is 9.88. The van der Waals surface area contributed by atoms with E-state index in [1.165, 1.54) is 23.1 Å². The SMILES string of the molecule is CSc1nnc(N2C(N)=C(C#N)C(c3ccc(OCc4ccccc4)cc3)C3=C2CC(C)(C)CC3=O)s1. The molecule has 1 atom stereocenters. The van der Waals surface area contributed by atoms with Gasteiger partial charge in [0.05, 0.1) is 17.6 Å². The third-order valence-corrected chi connectivity index (χ3v) is 8.49. The van der Waals surface area contributed by atoms with Crippen LogP contribution in [0.15, 0.2) is 81.6 Å². The summed E-state index contributed by atoms with van der Waals surface area (Å²) in [5, 5.41) is 19.4. The number of allylic oxidation sites excluding steroid dienone is 3. The number of ketones is 1. The van der Waals surface area contributed by atoms with E-state index in [-0.39, 0.29) is 11.2 Å². The third kappa shape index (κ3) is 4.87. The van der Waals surface area contributed by atoms with Crippen LogP contribution in [0.1, 0.15) is 43.7 Å². The van der Waals surface area contributed by atoms with Crippen LogP contribution in [0.25, 0.3) is 0 Å². The molecule has 1 aliphatic heterocycles. The van der Waals surface area contributed by atoms with Gasteiger partial charge in [-0.15, -0.1) is 10.2 Å². The highest BCUT2D eigenvalue weighted by atomic mass is 32.2. The smallest absolute Gasteiger partial charge is 0.219 e. The fourth-order valence-electron chi connectivity index (χ4n) is 4.93. The number of anilines is 1. The molecule has 188 valence electrons. The number of Topliss-reactive ketones (excluding diaryl/α,β-unsaturated/α-hetero) is 1. The zero-order valence-electron chi connectivity index (χ0n) is 20.9. The Labute approximate surface area is 224 Å². The van der Waals surface area contributed by atoms with E-state index >= 15 is 0 Å². The lowest BCUT2D eigenvalue weighted by Crippen LogP contribution is -2.42. The van der Waals surface area contributed by atoms with Crippen LogP contribution >= 0.6 is 23.1 Å². The molecule has 1 aliphatic carbocycles. The van der Waals surface area contributed by atoms with E-state index in [1.807, 2.05) is 60.9 Å². The van der Waals surface area contributed by atoms with E-state index in [4.69, 9.17) is 10.5 Å². The summed E-state index contributed by atoms with van der Waals surface area (Å²) in [6.45, 7) is 4.61. The van der Waals surface area contributed by atoms with Crippen molar-refractivity contribution in [3.05, 3.63) is 88.4 Å². The number of hydrogen-bond acceptors (Lipinski definition) is 9. The molecule has 2 N–H and O–H groups in total. The lowest BCUT2D eigenvalue weighted by atomic mass is 9.68. The van der Waals surface area contributed by atoms with Crippen LogP contribution in [0.4, 0.5) is 5.13 Å². The maximum atomic E-state index is 13.6. The second kappa shape index (κ2) is 10.0. The molecule has 5 rings (SSSR count). The molecule has 0 saturated heterocycles. The van der Waals surface area contributed by atoms with E-state index in [2.05, 4.69) is 30.1 Å². The first kappa shape index (κ1) is 25.1. The summed E-state index contributed by atoms with van der Waals surface area (Å²) in [6, 6.07) is 19.8. The zero-order valence-corrected chi connectivity index (χ0v) is 22.5. The first-order valence-corrected chi connectivity index (χ1v) is 14.0. The Morgan fingerprint density at radius 1 is 1.16 bits per heavy atom. The van der Waals surface area contributed by atoms with Gasteiger partial charge in [0.2, 0.25) is 5.13 Å². The Balaban J connectivity index is 1.55. The summed E-state index contributed by atoms with van der Waals surface area (Å²) >= 11 is 2.89. The number of aromatic nitrogens is 2. The van der Waals surface area contributed by atoms with Crippen molar-refractivity contribution in [3.63, 3.8) is 0 Å². The molecular weight excluding hydrogens is 502 g/mol. The number of nitrogens with two attached hydrogens (primary N) is 1. The number of ether oxygens (including phenoxy) is 1. The summed E-state index contributed by atoms with van der Waals surface area (Å²) in [5.74, 6) is 0.491. The van der Waals surface area contributed by atoms with Gasteiger partial charge in [0.25, 0.3) is 0 Å². The molecule has 3 aromatic rings. The van der Waals surface area contributed by atoms with Crippen LogP contribution in [-0.4, -0.2) is 22.2 Å². The molecule has 0 saturated carbocycles. The fraction of sp³-hybridized carbons (Fsp3) is 0.286. The van der Waals surface area contributed by atoms with Crippen LogP contribution in [0.2, 0.25) is 0 Å². The highest BCUT2D eigenvalue weighted by molar-refractivity contribution is 8.00. The van der Waals surface area contributed by atoms with E-state index in [0.29, 0.717) is 47.3 Å². The standard InChI is InChI=1S/C28H27N5O2S2/c1-28(2)13-21-24(22(34)14-28)23(20(15-29)25(30)33(21)26-31-32-27(36-3)37-26)18-9-11-19(12-10-18)35-16-17-7-5-4-6-8-17/h4-12,23H,13-14,16,30H2,1-3H3. The molecule has 0 amide bonds. The van der Waals surface area contributed by atoms with Crippen molar-refractivity contribution in [3.8, 4) is 11.8 Å². The largest absolute Gasteiger partial charge is 0.489 e. The van der Waals surface area contributed by atoms with Crippen molar-refractivity contribution in [2.24, 2.45) is 11.1 Å². The summed E-state index contributed by atoms with van der Waals surface area (Å²) in [4.78, 5) is 15.4. The molecule has 0 radical (unpaired) electrons.